The van der Waals surface area contributed by atoms with Gasteiger partial charge in [0.1, 0.15) is 0 Å². The van der Waals surface area contributed by atoms with E-state index in [-0.39, 0.29) is 20.1 Å². The molecule has 0 saturated carbocycles. The molecule has 0 N–H and O–H groups in total. The Kier molecular flexibility index (Phi) is 10.5. The van der Waals surface area contributed by atoms with Crippen LogP contribution in [0.4, 0.5) is 0 Å². The molecule has 4 aromatic heterocycles. The average molecular weight is 941 g/mol. The van der Waals surface area contributed by atoms with Gasteiger partial charge in [0.05, 0.1) is 30.5 Å². The van der Waals surface area contributed by atoms with E-state index in [0.717, 1.165) is 83.3 Å². The summed E-state index contributed by atoms with van der Waals surface area (Å²) in [5.41, 5.74) is 10.4. The molecular weight excluding hydrogens is 893 g/mol. The van der Waals surface area contributed by atoms with Crippen molar-refractivity contribution in [3.63, 3.8) is 0 Å². The van der Waals surface area contributed by atoms with Crippen LogP contribution in [0.25, 0.3) is 72.6 Å². The van der Waals surface area contributed by atoms with Crippen LogP contribution in [0.15, 0.2) is 144 Å². The van der Waals surface area contributed by atoms with Gasteiger partial charge < -0.3 is 14.0 Å². The SMILES string of the molecule is Cc1ccc2c(n1)oc1c(-c3nc4ccccc4n3-c3ccccc3-c3ccccc3)[c-]ccc12.[2H]C([2H])(c1cc(-c2[c-]cccc2)ncc1[Si](C)(C)C)C(C)(C)C.[Ir]. The third-order valence-electron chi connectivity index (χ3n) is 9.66. The van der Waals surface area contributed by atoms with E-state index in [9.17, 15) is 0 Å². The van der Waals surface area contributed by atoms with Gasteiger partial charge in [-0.3, -0.25) is 4.98 Å². The molecule has 0 spiro atoms. The third kappa shape index (κ3) is 8.33. The van der Waals surface area contributed by atoms with E-state index in [1.807, 2.05) is 107 Å². The van der Waals surface area contributed by atoms with Gasteiger partial charge in [-0.25, -0.2) is 4.98 Å². The molecule has 9 aromatic rings. The molecule has 1 radical (unpaired) electrons. The first-order valence-electron chi connectivity index (χ1n) is 20.0. The monoisotopic (exact) mass is 941 g/mol. The van der Waals surface area contributed by atoms with E-state index in [4.69, 9.17) is 12.1 Å². The molecule has 0 fully saturated rings. The molecule has 0 amide bonds. The molecule has 0 aliphatic heterocycles. The Morgan fingerprint density at radius 1 is 0.772 bits per heavy atom. The summed E-state index contributed by atoms with van der Waals surface area (Å²) in [7, 11) is -1.70. The van der Waals surface area contributed by atoms with E-state index >= 15 is 0 Å². The van der Waals surface area contributed by atoms with Crippen LogP contribution in [-0.2, 0) is 26.5 Å². The van der Waals surface area contributed by atoms with Gasteiger partial charge in [-0.15, -0.1) is 54.1 Å². The predicted octanol–water partition coefficient (Wildman–Crippen LogP) is 12.4. The zero-order valence-corrected chi connectivity index (χ0v) is 36.7. The maximum absolute atomic E-state index is 8.75. The molecule has 0 saturated heterocycles. The van der Waals surface area contributed by atoms with Crippen molar-refractivity contribution in [3.05, 3.63) is 163 Å². The number of pyridine rings is 2. The minimum atomic E-state index is -1.70. The van der Waals surface area contributed by atoms with Crippen molar-refractivity contribution in [1.82, 2.24) is 19.5 Å². The second-order valence-corrected chi connectivity index (χ2v) is 21.2. The van der Waals surface area contributed by atoms with Crippen LogP contribution >= 0.6 is 0 Å². The number of hydrogen-bond acceptors (Lipinski definition) is 4. The fourth-order valence-corrected chi connectivity index (χ4v) is 8.50. The largest absolute Gasteiger partial charge is 0.486 e. The fourth-order valence-electron chi connectivity index (χ4n) is 7.11. The quantitative estimate of drug-likeness (QED) is 0.123. The van der Waals surface area contributed by atoms with Gasteiger partial charge in [0.2, 0.25) is 5.71 Å². The summed E-state index contributed by atoms with van der Waals surface area (Å²) < 4.78 is 26.0. The zero-order chi connectivity index (χ0) is 40.8. The summed E-state index contributed by atoms with van der Waals surface area (Å²) in [6.45, 7) is 14.5. The maximum atomic E-state index is 8.75. The van der Waals surface area contributed by atoms with Crippen molar-refractivity contribution < 1.29 is 27.3 Å². The van der Waals surface area contributed by atoms with Crippen molar-refractivity contribution >= 4 is 46.4 Å². The van der Waals surface area contributed by atoms with Gasteiger partial charge in [-0.1, -0.05) is 124 Å². The summed E-state index contributed by atoms with van der Waals surface area (Å²) >= 11 is 0. The third-order valence-corrected chi connectivity index (χ3v) is 11.7. The van der Waals surface area contributed by atoms with Gasteiger partial charge in [-0.05, 0) is 65.5 Å². The van der Waals surface area contributed by atoms with Crippen molar-refractivity contribution in [2.24, 2.45) is 5.41 Å². The molecule has 5 nitrogen and oxygen atoms in total. The predicted molar refractivity (Wildman–Crippen MR) is 235 cm³/mol. The van der Waals surface area contributed by atoms with Crippen LogP contribution in [0.3, 0.4) is 0 Å². The average Bonchev–Trinajstić information content (AvgIpc) is 3.79. The molecular formula is C50H46IrN4OSi-2. The molecule has 0 aliphatic rings. The van der Waals surface area contributed by atoms with Crippen LogP contribution in [0.5, 0.6) is 0 Å². The number of furan rings is 1. The van der Waals surface area contributed by atoms with E-state index in [2.05, 4.69) is 107 Å². The smallest absolute Gasteiger partial charge is 0.216 e. The summed E-state index contributed by atoms with van der Waals surface area (Å²) in [4.78, 5) is 14.3. The van der Waals surface area contributed by atoms with E-state index in [0.29, 0.717) is 5.71 Å². The first-order valence-corrected chi connectivity index (χ1v) is 22.5. The molecule has 9 rings (SSSR count). The number of aromatic nitrogens is 4. The maximum Gasteiger partial charge on any atom is 0.216 e. The molecule has 7 heteroatoms. The molecule has 287 valence electrons. The first-order chi connectivity index (χ1) is 27.7. The molecule has 0 aliphatic carbocycles. The number of fused-ring (bicyclic) bond motifs is 4. The Bertz CT molecular complexity index is 2910. The normalized spacial score (nSPS) is 12.5. The van der Waals surface area contributed by atoms with E-state index in [1.54, 1.807) is 0 Å². The Morgan fingerprint density at radius 3 is 2.26 bits per heavy atom. The Labute approximate surface area is 353 Å². The van der Waals surface area contributed by atoms with Gasteiger partial charge in [-0.2, -0.15) is 0 Å². The van der Waals surface area contributed by atoms with Crippen molar-refractivity contribution in [2.75, 3.05) is 0 Å². The summed E-state index contributed by atoms with van der Waals surface area (Å²) in [6, 6.07) is 51.4. The van der Waals surface area contributed by atoms with Crippen LogP contribution in [0, 0.1) is 24.5 Å². The minimum absolute atomic E-state index is 0. The Hall–Kier alpha value is -5.46. The molecule has 0 unspecified atom stereocenters. The van der Waals surface area contributed by atoms with Crippen LogP contribution < -0.4 is 5.19 Å². The fraction of sp³-hybridized carbons (Fsp3) is 0.180. The van der Waals surface area contributed by atoms with Gasteiger partial charge >= 0.3 is 0 Å². The number of benzene rings is 5. The van der Waals surface area contributed by atoms with Crippen LogP contribution in [0.2, 0.25) is 19.6 Å². The van der Waals surface area contributed by atoms with Crippen LogP contribution in [-0.4, -0.2) is 27.6 Å². The molecule has 0 bridgehead atoms. The van der Waals surface area contributed by atoms with Crippen molar-refractivity contribution in [3.8, 4) is 39.5 Å². The summed E-state index contributed by atoms with van der Waals surface area (Å²) in [5, 5.41) is 3.10. The standard InChI is InChI=1S/C31H20N3O.C19H26NSi.Ir/c1-20-18-19-24-23-13-9-14-25(29(23)35-31(24)32-20)30-33-26-15-6-8-17-28(26)34(30)27-16-7-5-12-22(27)21-10-3-2-4-11-21;1-19(2,3)13-16-12-17(15-10-8-7-9-11-15)20-14-18(16)21(4,5)6;/h2-13,15-19H,1H3;7-10,12,14H,13H2,1-6H3;/q2*-1;/i;13D2;. The van der Waals surface area contributed by atoms with E-state index < -0.39 is 19.9 Å². The van der Waals surface area contributed by atoms with Gasteiger partial charge in [0.15, 0.2) is 0 Å². The second kappa shape index (κ2) is 16.2. The number of hydrogen-bond donors (Lipinski definition) is 0. The number of imidazole rings is 1. The second-order valence-electron chi connectivity index (χ2n) is 16.2. The van der Waals surface area contributed by atoms with Gasteiger partial charge in [0, 0.05) is 51.4 Å². The van der Waals surface area contributed by atoms with Gasteiger partial charge in [0.25, 0.3) is 0 Å². The Balaban J connectivity index is 0.000000193. The van der Waals surface area contributed by atoms with Crippen molar-refractivity contribution in [2.45, 2.75) is 53.7 Å². The van der Waals surface area contributed by atoms with Crippen LogP contribution in [0.1, 0.15) is 34.8 Å². The molecule has 4 heterocycles. The zero-order valence-electron chi connectivity index (χ0n) is 35.3. The topological polar surface area (TPSA) is 56.7 Å². The summed E-state index contributed by atoms with van der Waals surface area (Å²) in [6.07, 6.45) is 0.469. The number of aryl methyl sites for hydroxylation is 1. The summed E-state index contributed by atoms with van der Waals surface area (Å²) in [5.74, 6) is 0.788. The van der Waals surface area contributed by atoms with Crippen molar-refractivity contribution in [1.29, 1.82) is 0 Å². The number of para-hydroxylation sites is 3. The molecule has 5 aromatic carbocycles. The molecule has 0 atom stereocenters. The number of nitrogens with zero attached hydrogens (tertiary/aromatic N) is 4. The number of rotatable bonds is 6. The first kappa shape index (κ1) is 37.1. The van der Waals surface area contributed by atoms with E-state index in [1.165, 1.54) is 0 Å². The minimum Gasteiger partial charge on any atom is -0.486 e. The Morgan fingerprint density at radius 2 is 1.51 bits per heavy atom. The molecule has 57 heavy (non-hydrogen) atoms.